The molecule has 4 nitrogen and oxygen atoms in total. The van der Waals surface area contributed by atoms with Gasteiger partial charge in [-0.2, -0.15) is 0 Å². The molecule has 40 heavy (non-hydrogen) atoms. The maximum absolute atomic E-state index is 5.10. The molecule has 2 fully saturated rings. The van der Waals surface area contributed by atoms with Crippen molar-refractivity contribution >= 4 is 0 Å². The lowest BCUT2D eigenvalue weighted by atomic mass is 9.48. The van der Waals surface area contributed by atoms with Crippen LogP contribution >= 0.6 is 0 Å². The molecule has 0 aliphatic heterocycles. The maximum Gasteiger partial charge on any atom is 0.0889 e. The highest BCUT2D eigenvalue weighted by Crippen LogP contribution is 2.62. The van der Waals surface area contributed by atoms with Crippen LogP contribution in [0.4, 0.5) is 0 Å². The van der Waals surface area contributed by atoms with Crippen molar-refractivity contribution in [1.82, 2.24) is 19.9 Å². The molecular formula is C36H38N4. The van der Waals surface area contributed by atoms with Gasteiger partial charge in [-0.1, -0.05) is 52.0 Å². The van der Waals surface area contributed by atoms with E-state index in [1.54, 1.807) is 0 Å². The highest BCUT2D eigenvalue weighted by molar-refractivity contribution is 5.57. The van der Waals surface area contributed by atoms with Crippen LogP contribution in [0.2, 0.25) is 0 Å². The summed E-state index contributed by atoms with van der Waals surface area (Å²) in [6, 6.07) is 21.7. The standard InChI is InChI=1S/C36H38N4/c1-35(2)21-17-27(35)25-13-15-31(39-33(25)19-21)29-9-5-7-23(37-29)11-12-24-8-6-10-30(38-24)32-16-14-26-28-18-22(36(28,3)4)20-34(26)40-32/h5-10,13-16,21-22,27-28H,11-12,17-20H2,1-4H3/t21-,22-,27+,28+/m0/s1. The topological polar surface area (TPSA) is 51.6 Å². The Hall–Kier alpha value is -3.40. The Bertz CT molecular complexity index is 1530. The number of pyridine rings is 4. The molecule has 4 heterocycles. The second-order valence-electron chi connectivity index (χ2n) is 14.0. The minimum atomic E-state index is 0.424. The van der Waals surface area contributed by atoms with E-state index in [4.69, 9.17) is 19.9 Å². The summed E-state index contributed by atoms with van der Waals surface area (Å²) in [5.74, 6) is 2.87. The first-order chi connectivity index (χ1) is 19.3. The lowest BCUT2D eigenvalue weighted by Crippen LogP contribution is -2.48. The molecule has 4 aromatic heterocycles. The van der Waals surface area contributed by atoms with E-state index in [2.05, 4.69) is 88.4 Å². The first-order valence-electron chi connectivity index (χ1n) is 15.2. The van der Waals surface area contributed by atoms with Crippen molar-refractivity contribution in [2.45, 2.75) is 78.1 Å². The number of aryl methyl sites for hydroxylation is 2. The van der Waals surface area contributed by atoms with Gasteiger partial charge in [0, 0.05) is 22.8 Å². The average Bonchev–Trinajstić information content (AvgIpc) is 2.99. The van der Waals surface area contributed by atoms with Crippen molar-refractivity contribution in [3.8, 4) is 22.8 Å². The summed E-state index contributed by atoms with van der Waals surface area (Å²) in [5, 5.41) is 0. The van der Waals surface area contributed by atoms with Crippen LogP contribution in [0.15, 0.2) is 60.7 Å². The second kappa shape index (κ2) is 8.55. The molecule has 4 heteroatoms. The fourth-order valence-corrected chi connectivity index (χ4v) is 8.30. The summed E-state index contributed by atoms with van der Waals surface area (Å²) >= 11 is 0. The Morgan fingerprint density at radius 3 is 1.40 bits per heavy atom. The zero-order chi connectivity index (χ0) is 27.2. The average molecular weight is 527 g/mol. The second-order valence-corrected chi connectivity index (χ2v) is 14.0. The van der Waals surface area contributed by atoms with E-state index in [-0.39, 0.29) is 0 Å². The van der Waals surface area contributed by atoms with Gasteiger partial charge in [-0.05, 0) is 121 Å². The number of nitrogens with zero attached hydrogens (tertiary/aromatic N) is 4. The van der Waals surface area contributed by atoms with Crippen LogP contribution in [0.5, 0.6) is 0 Å². The van der Waals surface area contributed by atoms with Gasteiger partial charge in [0.15, 0.2) is 0 Å². The number of rotatable bonds is 5. The van der Waals surface area contributed by atoms with E-state index >= 15 is 0 Å². The van der Waals surface area contributed by atoms with Crippen LogP contribution in [0, 0.1) is 22.7 Å². The molecule has 6 aliphatic carbocycles. The molecule has 2 saturated carbocycles. The Kier molecular flexibility index (Phi) is 5.22. The van der Waals surface area contributed by atoms with E-state index in [0.717, 1.165) is 71.7 Å². The van der Waals surface area contributed by atoms with Crippen LogP contribution in [-0.4, -0.2) is 19.9 Å². The zero-order valence-corrected chi connectivity index (χ0v) is 24.1. The minimum absolute atomic E-state index is 0.424. The molecule has 0 saturated heterocycles. The van der Waals surface area contributed by atoms with Crippen LogP contribution in [0.25, 0.3) is 22.8 Å². The third-order valence-electron chi connectivity index (χ3n) is 11.4. The van der Waals surface area contributed by atoms with Crippen molar-refractivity contribution in [1.29, 1.82) is 0 Å². The molecular weight excluding hydrogens is 488 g/mol. The normalized spacial score (nSPS) is 26.2. The molecule has 0 aromatic carbocycles. The van der Waals surface area contributed by atoms with E-state index in [1.165, 1.54) is 35.4 Å². The molecule has 0 unspecified atom stereocenters. The predicted octanol–water partition coefficient (Wildman–Crippen LogP) is 7.76. The molecule has 10 rings (SSSR count). The first-order valence-corrected chi connectivity index (χ1v) is 15.2. The summed E-state index contributed by atoms with van der Waals surface area (Å²) in [4.78, 5) is 20.2. The molecule has 4 aromatic rings. The van der Waals surface area contributed by atoms with Crippen LogP contribution in [-0.2, 0) is 25.7 Å². The predicted molar refractivity (Wildman–Crippen MR) is 159 cm³/mol. The minimum Gasteiger partial charge on any atom is -0.251 e. The SMILES string of the molecule is CC1(C)[C@@H]2Cc3nc(-c4cccc(CCc5cccc(-c6ccc7c(n6)C[C@@H]6C[C@H]7C6(C)C)n5)n4)ccc3[C@H]1C2. The van der Waals surface area contributed by atoms with Gasteiger partial charge < -0.3 is 0 Å². The van der Waals surface area contributed by atoms with Gasteiger partial charge in [0.2, 0.25) is 0 Å². The van der Waals surface area contributed by atoms with Gasteiger partial charge >= 0.3 is 0 Å². The summed E-state index contributed by atoms with van der Waals surface area (Å²) in [6.45, 7) is 9.68. The lowest BCUT2D eigenvalue weighted by molar-refractivity contribution is 0.0170. The molecule has 4 bridgehead atoms. The summed E-state index contributed by atoms with van der Waals surface area (Å²) in [6.07, 6.45) is 6.56. The van der Waals surface area contributed by atoms with Gasteiger partial charge in [0.1, 0.15) is 0 Å². The maximum atomic E-state index is 5.10. The highest BCUT2D eigenvalue weighted by atomic mass is 14.8. The summed E-state index contributed by atoms with van der Waals surface area (Å²) < 4.78 is 0. The fraction of sp³-hybridized carbons (Fsp3) is 0.444. The number of hydrogen-bond donors (Lipinski definition) is 0. The quantitative estimate of drug-likeness (QED) is 0.267. The third kappa shape index (κ3) is 3.64. The lowest BCUT2D eigenvalue weighted by Gasteiger charge is -2.56. The van der Waals surface area contributed by atoms with Crippen LogP contribution < -0.4 is 0 Å². The van der Waals surface area contributed by atoms with Crippen molar-refractivity contribution in [3.05, 3.63) is 94.6 Å². The fourth-order valence-electron chi connectivity index (χ4n) is 8.30. The van der Waals surface area contributed by atoms with Gasteiger partial charge in [0.25, 0.3) is 0 Å². The van der Waals surface area contributed by atoms with Crippen LogP contribution in [0.3, 0.4) is 0 Å². The largest absolute Gasteiger partial charge is 0.251 e. The smallest absolute Gasteiger partial charge is 0.0889 e. The summed E-state index contributed by atoms with van der Waals surface area (Å²) in [7, 11) is 0. The molecule has 202 valence electrons. The van der Waals surface area contributed by atoms with Crippen molar-refractivity contribution in [3.63, 3.8) is 0 Å². The molecule has 4 atom stereocenters. The van der Waals surface area contributed by atoms with E-state index < -0.39 is 0 Å². The van der Waals surface area contributed by atoms with E-state index in [1.807, 2.05) is 0 Å². The van der Waals surface area contributed by atoms with Gasteiger partial charge in [-0.25, -0.2) is 0 Å². The highest BCUT2D eigenvalue weighted by Gasteiger charge is 2.53. The molecule has 0 N–H and O–H groups in total. The molecule has 0 amide bonds. The molecule has 6 aliphatic rings. The van der Waals surface area contributed by atoms with Gasteiger partial charge in [-0.15, -0.1) is 0 Å². The van der Waals surface area contributed by atoms with Crippen molar-refractivity contribution in [2.75, 3.05) is 0 Å². The summed E-state index contributed by atoms with van der Waals surface area (Å²) in [5.41, 5.74) is 12.5. The molecule has 0 radical (unpaired) electrons. The van der Waals surface area contributed by atoms with E-state index in [9.17, 15) is 0 Å². The van der Waals surface area contributed by atoms with Gasteiger partial charge in [0.05, 0.1) is 22.8 Å². The monoisotopic (exact) mass is 526 g/mol. The Morgan fingerprint density at radius 1 is 0.550 bits per heavy atom. The van der Waals surface area contributed by atoms with Crippen LogP contribution in [0.1, 0.15) is 86.3 Å². The van der Waals surface area contributed by atoms with Gasteiger partial charge in [-0.3, -0.25) is 19.9 Å². The number of aromatic nitrogens is 4. The van der Waals surface area contributed by atoms with Crippen molar-refractivity contribution < 1.29 is 0 Å². The Morgan fingerprint density at radius 2 is 0.975 bits per heavy atom. The molecule has 0 spiro atoms. The van der Waals surface area contributed by atoms with E-state index in [0.29, 0.717) is 22.7 Å². The number of hydrogen-bond acceptors (Lipinski definition) is 4. The first kappa shape index (κ1) is 24.4. The Balaban J connectivity index is 0.986. The zero-order valence-electron chi connectivity index (χ0n) is 24.1. The Labute approximate surface area is 237 Å². The van der Waals surface area contributed by atoms with Crippen molar-refractivity contribution in [2.24, 2.45) is 22.7 Å². The third-order valence-corrected chi connectivity index (χ3v) is 11.4.